The molecule has 0 saturated carbocycles. The Kier molecular flexibility index (Phi) is 5.01. The number of rotatable bonds is 5. The van der Waals surface area contributed by atoms with E-state index < -0.39 is 17.7 Å². The molecule has 0 heterocycles. The molecule has 0 amide bonds. The van der Waals surface area contributed by atoms with Crippen LogP contribution >= 0.6 is 11.8 Å². The molecule has 0 aliphatic heterocycles. The lowest BCUT2D eigenvalue weighted by Gasteiger charge is -2.08. The maximum Gasteiger partial charge on any atom is 0.159 e. The van der Waals surface area contributed by atoms with Crippen LogP contribution in [0.25, 0.3) is 0 Å². The molecule has 0 aromatic heterocycles. The van der Waals surface area contributed by atoms with Crippen molar-refractivity contribution in [3.8, 4) is 0 Å². The van der Waals surface area contributed by atoms with E-state index in [9.17, 15) is 13.9 Å². The standard InChI is InChI=1S/C10H12F2O2S/c1-14-5-7(13)6-15-8-2-3-9(11)10(12)4-8/h2-4,7,13H,5-6H2,1H3. The van der Waals surface area contributed by atoms with E-state index in [1.165, 1.54) is 24.9 Å². The van der Waals surface area contributed by atoms with Crippen LogP contribution < -0.4 is 0 Å². The second-order valence-electron chi connectivity index (χ2n) is 3.00. The molecule has 2 nitrogen and oxygen atoms in total. The summed E-state index contributed by atoms with van der Waals surface area (Å²) in [7, 11) is 1.49. The minimum Gasteiger partial charge on any atom is -0.390 e. The zero-order valence-corrected chi connectivity index (χ0v) is 9.06. The van der Waals surface area contributed by atoms with E-state index in [1.54, 1.807) is 0 Å². The quantitative estimate of drug-likeness (QED) is 0.791. The van der Waals surface area contributed by atoms with Crippen LogP contribution in [0.1, 0.15) is 0 Å². The van der Waals surface area contributed by atoms with Gasteiger partial charge in [0.05, 0.1) is 12.7 Å². The molecule has 1 atom stereocenters. The third-order valence-corrected chi connectivity index (χ3v) is 2.83. The van der Waals surface area contributed by atoms with Gasteiger partial charge in [-0.2, -0.15) is 0 Å². The fourth-order valence-electron chi connectivity index (χ4n) is 1.000. The van der Waals surface area contributed by atoms with Crippen LogP contribution in [0.2, 0.25) is 0 Å². The molecule has 1 unspecified atom stereocenters. The Bertz CT molecular complexity index is 320. The van der Waals surface area contributed by atoms with Gasteiger partial charge in [-0.1, -0.05) is 0 Å². The molecule has 0 radical (unpaired) electrons. The highest BCUT2D eigenvalue weighted by Crippen LogP contribution is 2.21. The summed E-state index contributed by atoms with van der Waals surface area (Å²) in [5.41, 5.74) is 0. The third-order valence-electron chi connectivity index (χ3n) is 1.69. The molecule has 0 spiro atoms. The largest absolute Gasteiger partial charge is 0.390 e. The van der Waals surface area contributed by atoms with Crippen LogP contribution in [0, 0.1) is 11.6 Å². The van der Waals surface area contributed by atoms with Crippen LogP contribution in [0.4, 0.5) is 8.78 Å². The molecule has 1 rings (SSSR count). The Labute approximate surface area is 91.3 Å². The average molecular weight is 234 g/mol. The van der Waals surface area contributed by atoms with Gasteiger partial charge in [0.25, 0.3) is 0 Å². The Morgan fingerprint density at radius 1 is 1.40 bits per heavy atom. The molecule has 0 aliphatic carbocycles. The predicted octanol–water partition coefficient (Wildman–Crippen LogP) is 2.06. The molecule has 5 heteroatoms. The van der Waals surface area contributed by atoms with E-state index in [-0.39, 0.29) is 6.61 Å². The van der Waals surface area contributed by atoms with Crippen molar-refractivity contribution in [2.45, 2.75) is 11.0 Å². The lowest BCUT2D eigenvalue weighted by molar-refractivity contribution is 0.0794. The number of methoxy groups -OCH3 is 1. The summed E-state index contributed by atoms with van der Waals surface area (Å²) in [5.74, 6) is -1.35. The van der Waals surface area contributed by atoms with Crippen molar-refractivity contribution in [2.75, 3.05) is 19.5 Å². The fourth-order valence-corrected chi connectivity index (χ4v) is 1.83. The Hall–Kier alpha value is -0.650. The normalized spacial score (nSPS) is 12.8. The maximum absolute atomic E-state index is 12.8. The van der Waals surface area contributed by atoms with Gasteiger partial charge < -0.3 is 9.84 Å². The maximum atomic E-state index is 12.8. The smallest absolute Gasteiger partial charge is 0.159 e. The van der Waals surface area contributed by atoms with Crippen molar-refractivity contribution in [2.24, 2.45) is 0 Å². The van der Waals surface area contributed by atoms with Crippen molar-refractivity contribution < 1.29 is 18.6 Å². The number of aliphatic hydroxyl groups is 1. The second kappa shape index (κ2) is 6.05. The number of hydrogen-bond acceptors (Lipinski definition) is 3. The number of benzene rings is 1. The van der Waals surface area contributed by atoms with Crippen molar-refractivity contribution >= 4 is 11.8 Å². The van der Waals surface area contributed by atoms with Crippen molar-refractivity contribution in [3.05, 3.63) is 29.8 Å². The molecule has 0 aliphatic rings. The van der Waals surface area contributed by atoms with Gasteiger partial charge in [0.2, 0.25) is 0 Å². The van der Waals surface area contributed by atoms with E-state index in [0.717, 1.165) is 12.1 Å². The van der Waals surface area contributed by atoms with Gasteiger partial charge in [-0.05, 0) is 18.2 Å². The fraction of sp³-hybridized carbons (Fsp3) is 0.400. The van der Waals surface area contributed by atoms with E-state index in [4.69, 9.17) is 4.74 Å². The average Bonchev–Trinajstić information content (AvgIpc) is 2.20. The summed E-state index contributed by atoms with van der Waals surface area (Å²) in [6.45, 7) is 0.233. The topological polar surface area (TPSA) is 29.5 Å². The minimum absolute atomic E-state index is 0.233. The number of thioether (sulfide) groups is 1. The monoisotopic (exact) mass is 234 g/mol. The van der Waals surface area contributed by atoms with Crippen LogP contribution in [0.3, 0.4) is 0 Å². The van der Waals surface area contributed by atoms with Gasteiger partial charge in [-0.15, -0.1) is 11.8 Å². The Morgan fingerprint density at radius 2 is 2.13 bits per heavy atom. The summed E-state index contributed by atoms with van der Waals surface area (Å²) < 4.78 is 30.1. The van der Waals surface area contributed by atoms with Gasteiger partial charge in [0.15, 0.2) is 11.6 Å². The number of halogens is 2. The lowest BCUT2D eigenvalue weighted by atomic mass is 10.3. The highest BCUT2D eigenvalue weighted by atomic mass is 32.2. The van der Waals surface area contributed by atoms with Crippen LogP contribution in [-0.4, -0.2) is 30.7 Å². The first-order valence-electron chi connectivity index (χ1n) is 4.38. The molecule has 0 bridgehead atoms. The molecule has 84 valence electrons. The van der Waals surface area contributed by atoms with Crippen LogP contribution in [-0.2, 0) is 4.74 Å². The molecular weight excluding hydrogens is 222 g/mol. The predicted molar refractivity (Wildman–Crippen MR) is 55.0 cm³/mol. The first kappa shape index (κ1) is 12.4. The van der Waals surface area contributed by atoms with Crippen LogP contribution in [0.15, 0.2) is 23.1 Å². The molecule has 1 aromatic rings. The van der Waals surface area contributed by atoms with Crippen LogP contribution in [0.5, 0.6) is 0 Å². The zero-order chi connectivity index (χ0) is 11.3. The third kappa shape index (κ3) is 4.15. The number of ether oxygens (including phenoxy) is 1. The summed E-state index contributed by atoms with van der Waals surface area (Å²) in [6, 6.07) is 3.66. The first-order valence-corrected chi connectivity index (χ1v) is 5.37. The number of hydrogen-bond donors (Lipinski definition) is 1. The van der Waals surface area contributed by atoms with Gasteiger partial charge in [0, 0.05) is 17.8 Å². The van der Waals surface area contributed by atoms with E-state index in [1.807, 2.05) is 0 Å². The molecule has 0 fully saturated rings. The summed E-state index contributed by atoms with van der Waals surface area (Å²) >= 11 is 1.25. The van der Waals surface area contributed by atoms with Gasteiger partial charge in [-0.3, -0.25) is 0 Å². The van der Waals surface area contributed by atoms with E-state index >= 15 is 0 Å². The summed E-state index contributed by atoms with van der Waals surface area (Å²) in [5, 5.41) is 9.32. The lowest BCUT2D eigenvalue weighted by Crippen LogP contribution is -2.16. The molecule has 0 saturated heterocycles. The first-order chi connectivity index (χ1) is 7.13. The molecule has 15 heavy (non-hydrogen) atoms. The Balaban J connectivity index is 2.47. The van der Waals surface area contributed by atoms with E-state index in [0.29, 0.717) is 10.6 Å². The summed E-state index contributed by atoms with van der Waals surface area (Å²) in [4.78, 5) is 0.587. The highest BCUT2D eigenvalue weighted by molar-refractivity contribution is 7.99. The Morgan fingerprint density at radius 3 is 2.73 bits per heavy atom. The SMILES string of the molecule is COCC(O)CSc1ccc(F)c(F)c1. The highest BCUT2D eigenvalue weighted by Gasteiger charge is 2.06. The van der Waals surface area contributed by atoms with E-state index in [2.05, 4.69) is 0 Å². The van der Waals surface area contributed by atoms with Crippen molar-refractivity contribution in [3.63, 3.8) is 0 Å². The zero-order valence-electron chi connectivity index (χ0n) is 8.24. The van der Waals surface area contributed by atoms with Gasteiger partial charge in [0.1, 0.15) is 0 Å². The van der Waals surface area contributed by atoms with Crippen molar-refractivity contribution in [1.29, 1.82) is 0 Å². The van der Waals surface area contributed by atoms with Crippen molar-refractivity contribution in [1.82, 2.24) is 0 Å². The van der Waals surface area contributed by atoms with Gasteiger partial charge in [-0.25, -0.2) is 8.78 Å². The second-order valence-corrected chi connectivity index (χ2v) is 4.09. The molecular formula is C10H12F2O2S. The minimum atomic E-state index is -0.874. The number of aliphatic hydroxyl groups excluding tert-OH is 1. The van der Waals surface area contributed by atoms with Gasteiger partial charge >= 0.3 is 0 Å². The molecule has 1 aromatic carbocycles. The molecule has 1 N–H and O–H groups in total. The summed E-state index contributed by atoms with van der Waals surface area (Å²) in [6.07, 6.45) is -0.604.